The van der Waals surface area contributed by atoms with E-state index in [1.54, 1.807) is 12.1 Å². The molecular formula is C18H28N3O4+. The molecule has 0 saturated heterocycles. The van der Waals surface area contributed by atoms with E-state index in [1.165, 1.54) is 9.48 Å². The van der Waals surface area contributed by atoms with Crippen molar-refractivity contribution in [1.82, 2.24) is 9.48 Å². The van der Waals surface area contributed by atoms with Crippen molar-refractivity contribution in [2.24, 2.45) is 0 Å². The summed E-state index contributed by atoms with van der Waals surface area (Å²) >= 11 is 0. The van der Waals surface area contributed by atoms with Crippen LogP contribution in [0.3, 0.4) is 0 Å². The van der Waals surface area contributed by atoms with Crippen LogP contribution < -0.4 is 10.4 Å². The van der Waals surface area contributed by atoms with Crippen LogP contribution in [0.1, 0.15) is 39.5 Å². The molecule has 7 nitrogen and oxygen atoms in total. The summed E-state index contributed by atoms with van der Waals surface area (Å²) < 4.78 is 12.5. The van der Waals surface area contributed by atoms with Crippen LogP contribution in [0.2, 0.25) is 0 Å². The third-order valence-corrected chi connectivity index (χ3v) is 3.89. The molecule has 25 heavy (non-hydrogen) atoms. The minimum atomic E-state index is -0.315. The minimum absolute atomic E-state index is 0.0728. The summed E-state index contributed by atoms with van der Waals surface area (Å²) in [6.07, 6.45) is 3.89. The van der Waals surface area contributed by atoms with E-state index in [9.17, 15) is 10.0 Å². The Kier molecular flexibility index (Phi) is 7.69. The van der Waals surface area contributed by atoms with E-state index in [1.807, 2.05) is 18.2 Å². The quantitative estimate of drug-likeness (QED) is 0.384. The van der Waals surface area contributed by atoms with Gasteiger partial charge >= 0.3 is 5.56 Å². The fraction of sp³-hybridized carbons (Fsp3) is 0.556. The lowest BCUT2D eigenvalue weighted by Crippen LogP contribution is -2.45. The van der Waals surface area contributed by atoms with Crippen molar-refractivity contribution >= 4 is 0 Å². The molecule has 0 bridgehead atoms. The topological polar surface area (TPSA) is 69.5 Å². The van der Waals surface area contributed by atoms with Gasteiger partial charge in [-0.25, -0.2) is 4.79 Å². The number of unbranched alkanes of at least 4 members (excludes halogenated alkanes) is 2. The van der Waals surface area contributed by atoms with E-state index in [2.05, 4.69) is 13.8 Å². The number of aromatic nitrogens is 3. The number of hydrogen-bond acceptors (Lipinski definition) is 4. The molecule has 1 N–H and O–H groups in total. The van der Waals surface area contributed by atoms with Gasteiger partial charge in [0.2, 0.25) is 6.73 Å². The zero-order valence-corrected chi connectivity index (χ0v) is 15.1. The van der Waals surface area contributed by atoms with Gasteiger partial charge in [-0.15, -0.1) is 0 Å². The smallest absolute Gasteiger partial charge is 0.353 e. The van der Waals surface area contributed by atoms with Crippen LogP contribution in [0, 0.1) is 0 Å². The molecule has 0 aliphatic heterocycles. The van der Waals surface area contributed by atoms with Crippen LogP contribution in [0.5, 0.6) is 0 Å². The molecule has 0 spiro atoms. The third kappa shape index (κ3) is 4.93. The summed E-state index contributed by atoms with van der Waals surface area (Å²) in [5.74, 6) is 0. The van der Waals surface area contributed by atoms with E-state index >= 15 is 0 Å². The Bertz CT molecular complexity index is 694. The van der Waals surface area contributed by atoms with Gasteiger partial charge in [-0.2, -0.15) is 0 Å². The van der Waals surface area contributed by atoms with E-state index in [4.69, 9.17) is 9.47 Å². The predicted molar refractivity (Wildman–Crippen MR) is 93.2 cm³/mol. The van der Waals surface area contributed by atoms with E-state index in [-0.39, 0.29) is 24.7 Å². The average Bonchev–Trinajstić information content (AvgIpc) is 2.86. The van der Waals surface area contributed by atoms with Gasteiger partial charge in [0, 0.05) is 17.0 Å². The number of hydrogen-bond donors (Lipinski definition) is 1. The molecule has 2 rings (SSSR count). The standard InChI is InChI=1S/C18H28N3O4/c1-3-5-12-24-14-19-18(22)17(16-10-8-7-9-11-16)21(23)20(19)15-25-13-6-4-2/h7-11,23H,3-6,12-15H2,1-2H3/q+1. The lowest BCUT2D eigenvalue weighted by Gasteiger charge is -2.06. The number of benzene rings is 1. The van der Waals surface area contributed by atoms with Gasteiger partial charge in [0.1, 0.15) is 0 Å². The second-order valence-corrected chi connectivity index (χ2v) is 5.86. The summed E-state index contributed by atoms with van der Waals surface area (Å²) in [6.45, 7) is 5.45. The third-order valence-electron chi connectivity index (χ3n) is 3.89. The maximum atomic E-state index is 12.8. The molecular weight excluding hydrogens is 322 g/mol. The van der Waals surface area contributed by atoms with Crippen molar-refractivity contribution in [3.8, 4) is 11.3 Å². The fourth-order valence-corrected chi connectivity index (χ4v) is 2.40. The van der Waals surface area contributed by atoms with Crippen LogP contribution in [0.4, 0.5) is 0 Å². The lowest BCUT2D eigenvalue weighted by atomic mass is 10.2. The van der Waals surface area contributed by atoms with E-state index < -0.39 is 0 Å². The van der Waals surface area contributed by atoms with Crippen LogP contribution in [0.15, 0.2) is 35.1 Å². The Morgan fingerprint density at radius 3 is 2.20 bits per heavy atom. The largest absolute Gasteiger partial charge is 0.408 e. The fourth-order valence-electron chi connectivity index (χ4n) is 2.40. The molecule has 1 aromatic heterocycles. The van der Waals surface area contributed by atoms with E-state index in [0.717, 1.165) is 30.5 Å². The summed E-state index contributed by atoms with van der Waals surface area (Å²) in [7, 11) is 0. The number of ether oxygens (including phenoxy) is 2. The average molecular weight is 350 g/mol. The Hall–Kier alpha value is -2.12. The van der Waals surface area contributed by atoms with Crippen LogP contribution >= 0.6 is 0 Å². The highest BCUT2D eigenvalue weighted by atomic mass is 16.5. The molecule has 0 amide bonds. The lowest BCUT2D eigenvalue weighted by molar-refractivity contribution is -0.962. The van der Waals surface area contributed by atoms with Crippen molar-refractivity contribution in [3.63, 3.8) is 0 Å². The predicted octanol–water partition coefficient (Wildman–Crippen LogP) is 2.39. The highest BCUT2D eigenvalue weighted by Gasteiger charge is 2.29. The van der Waals surface area contributed by atoms with Gasteiger partial charge in [0.05, 0.1) is 6.61 Å². The van der Waals surface area contributed by atoms with Crippen molar-refractivity contribution in [3.05, 3.63) is 40.7 Å². The minimum Gasteiger partial charge on any atom is -0.353 e. The van der Waals surface area contributed by atoms with Crippen molar-refractivity contribution in [1.29, 1.82) is 0 Å². The molecule has 1 heterocycles. The molecule has 0 aliphatic rings. The molecule has 138 valence electrons. The summed E-state index contributed by atoms with van der Waals surface area (Å²) in [4.78, 5) is 15.0. The number of nitrogens with zero attached hydrogens (tertiary/aromatic N) is 3. The molecule has 0 atom stereocenters. The molecule has 1 aromatic carbocycles. The van der Waals surface area contributed by atoms with Crippen LogP contribution in [0.25, 0.3) is 11.3 Å². The van der Waals surface area contributed by atoms with Crippen LogP contribution in [-0.4, -0.2) is 27.9 Å². The zero-order chi connectivity index (χ0) is 18.1. The second-order valence-electron chi connectivity index (χ2n) is 5.86. The first-order valence-electron chi connectivity index (χ1n) is 8.86. The van der Waals surface area contributed by atoms with Gasteiger partial charge in [0.15, 0.2) is 6.73 Å². The van der Waals surface area contributed by atoms with Gasteiger partial charge < -0.3 is 14.7 Å². The summed E-state index contributed by atoms with van der Waals surface area (Å²) in [5, 5.41) is 10.5. The number of rotatable bonds is 11. The molecule has 7 heteroatoms. The van der Waals surface area contributed by atoms with Gasteiger partial charge in [-0.3, -0.25) is 0 Å². The Labute approximate surface area is 147 Å². The Balaban J connectivity index is 2.28. The highest BCUT2D eigenvalue weighted by Crippen LogP contribution is 2.10. The van der Waals surface area contributed by atoms with Gasteiger partial charge in [0.25, 0.3) is 5.69 Å². The van der Waals surface area contributed by atoms with Crippen molar-refractivity contribution < 1.29 is 19.5 Å². The highest BCUT2D eigenvalue weighted by molar-refractivity contribution is 5.54. The molecule has 0 radical (unpaired) electrons. The maximum Gasteiger partial charge on any atom is 0.408 e. The van der Waals surface area contributed by atoms with Gasteiger partial charge in [-0.05, 0) is 17.6 Å². The first-order chi connectivity index (χ1) is 12.2. The molecule has 0 fully saturated rings. The van der Waals surface area contributed by atoms with E-state index in [0.29, 0.717) is 18.8 Å². The van der Waals surface area contributed by atoms with Crippen molar-refractivity contribution in [2.75, 3.05) is 13.2 Å². The monoisotopic (exact) mass is 350 g/mol. The Morgan fingerprint density at radius 1 is 1.00 bits per heavy atom. The second kappa shape index (κ2) is 10.0. The molecule has 0 unspecified atom stereocenters. The first kappa shape index (κ1) is 19.2. The first-order valence-corrected chi connectivity index (χ1v) is 8.86. The Morgan fingerprint density at radius 2 is 1.60 bits per heavy atom. The summed E-state index contributed by atoms with van der Waals surface area (Å²) in [6, 6.07) is 9.09. The SMILES string of the molecule is CCCCOCn1c(=O)c(-c2ccccc2)[n+](O)n1COCCCC. The molecule has 0 saturated carbocycles. The molecule has 2 aromatic rings. The summed E-state index contributed by atoms with van der Waals surface area (Å²) in [5.41, 5.74) is 0.521. The normalized spacial score (nSPS) is 11.1. The maximum absolute atomic E-state index is 12.8. The van der Waals surface area contributed by atoms with Gasteiger partial charge in [-0.1, -0.05) is 61.7 Å². The molecule has 0 aliphatic carbocycles. The zero-order valence-electron chi connectivity index (χ0n) is 15.1. The van der Waals surface area contributed by atoms with Crippen LogP contribution in [-0.2, 0) is 22.9 Å². The van der Waals surface area contributed by atoms with Crippen molar-refractivity contribution in [2.45, 2.75) is 53.0 Å².